The van der Waals surface area contributed by atoms with E-state index < -0.39 is 24.0 Å². The number of hydrogen-bond donors (Lipinski definition) is 3. The fraction of sp³-hybridized carbons (Fsp3) is 0.192. The number of amides is 2. The van der Waals surface area contributed by atoms with E-state index in [0.717, 1.165) is 15.6 Å². The molecule has 1 heterocycles. The Kier molecular flexibility index (Phi) is 7.36. The number of nitrogens with one attached hydrogen (secondary N) is 2. The number of esters is 1. The maximum Gasteiger partial charge on any atom is 0.408 e. The summed E-state index contributed by atoms with van der Waals surface area (Å²) in [5.74, 6) is -1.69. The number of fused-ring (bicyclic) bond motifs is 1. The smallest absolute Gasteiger partial charge is 0.408 e. The number of ether oxygens (including phenoxy) is 2. The number of alkyl carbamates (subject to hydrolysis) is 1. The molecule has 3 N–H and O–H groups in total. The highest BCUT2D eigenvalue weighted by Gasteiger charge is 2.35. The Morgan fingerprint density at radius 2 is 1.83 bits per heavy atom. The third kappa shape index (κ3) is 5.46. The summed E-state index contributed by atoms with van der Waals surface area (Å²) in [6.45, 7) is 0.0513. The van der Waals surface area contributed by atoms with E-state index >= 15 is 0 Å². The SMILES string of the molecule is COC(=O)[C@H](Cc1ccc(O)c(C2C(=O)Nc3c(Br)cccc32)c1)NC(=O)OCc1ccccc1. The van der Waals surface area contributed by atoms with E-state index in [9.17, 15) is 19.5 Å². The summed E-state index contributed by atoms with van der Waals surface area (Å²) < 4.78 is 10.8. The molecule has 0 aliphatic carbocycles. The predicted octanol–water partition coefficient (Wildman–Crippen LogP) is 4.25. The average molecular weight is 539 g/mol. The standard InChI is InChI=1S/C26H23BrN2O6/c1-34-25(32)20(28-26(33)35-14-15-6-3-2-4-7-15)13-16-10-11-21(30)18(12-16)22-17-8-5-9-19(27)23(17)29-24(22)31/h2-12,20,22,30H,13-14H2,1H3,(H,28,33)(H,29,31)/t20-,22?/m0/s1. The molecular weight excluding hydrogens is 516 g/mol. The molecule has 180 valence electrons. The summed E-state index contributed by atoms with van der Waals surface area (Å²) in [5, 5.41) is 15.9. The summed E-state index contributed by atoms with van der Waals surface area (Å²) in [6.07, 6.45) is -0.697. The number of rotatable bonds is 7. The van der Waals surface area contributed by atoms with Gasteiger partial charge in [0.2, 0.25) is 5.91 Å². The van der Waals surface area contributed by atoms with Crippen LogP contribution in [0.25, 0.3) is 0 Å². The second-order valence-electron chi connectivity index (χ2n) is 8.01. The van der Waals surface area contributed by atoms with Gasteiger partial charge >= 0.3 is 12.1 Å². The van der Waals surface area contributed by atoms with E-state index in [1.54, 1.807) is 12.1 Å². The van der Waals surface area contributed by atoms with Crippen LogP contribution < -0.4 is 10.6 Å². The molecule has 1 unspecified atom stereocenters. The highest BCUT2D eigenvalue weighted by atomic mass is 79.9. The highest BCUT2D eigenvalue weighted by molar-refractivity contribution is 9.10. The van der Waals surface area contributed by atoms with Crippen LogP contribution in [0.4, 0.5) is 10.5 Å². The first-order valence-corrected chi connectivity index (χ1v) is 11.6. The fourth-order valence-corrected chi connectivity index (χ4v) is 4.48. The van der Waals surface area contributed by atoms with Crippen molar-refractivity contribution in [1.29, 1.82) is 0 Å². The van der Waals surface area contributed by atoms with Crippen molar-refractivity contribution >= 4 is 39.6 Å². The summed E-state index contributed by atoms with van der Waals surface area (Å²) in [4.78, 5) is 37.5. The molecule has 0 fully saturated rings. The van der Waals surface area contributed by atoms with Gasteiger partial charge in [-0.15, -0.1) is 0 Å². The van der Waals surface area contributed by atoms with Crippen LogP contribution >= 0.6 is 15.9 Å². The third-order valence-electron chi connectivity index (χ3n) is 5.70. The number of benzene rings is 3. The van der Waals surface area contributed by atoms with E-state index in [0.29, 0.717) is 16.8 Å². The minimum Gasteiger partial charge on any atom is -0.508 e. The van der Waals surface area contributed by atoms with E-state index in [1.807, 2.05) is 48.5 Å². The topological polar surface area (TPSA) is 114 Å². The molecule has 9 heteroatoms. The number of phenols is 1. The Balaban J connectivity index is 1.52. The van der Waals surface area contributed by atoms with E-state index in [4.69, 9.17) is 9.47 Å². The number of anilines is 1. The Morgan fingerprint density at radius 1 is 1.06 bits per heavy atom. The zero-order valence-electron chi connectivity index (χ0n) is 18.8. The average Bonchev–Trinajstić information content (AvgIpc) is 3.20. The van der Waals surface area contributed by atoms with Gasteiger partial charge in [-0.3, -0.25) is 4.79 Å². The molecule has 2 amide bonds. The highest BCUT2D eigenvalue weighted by Crippen LogP contribution is 2.43. The Morgan fingerprint density at radius 3 is 2.57 bits per heavy atom. The predicted molar refractivity (Wildman–Crippen MR) is 132 cm³/mol. The first-order chi connectivity index (χ1) is 16.9. The lowest BCUT2D eigenvalue weighted by Gasteiger charge is -2.18. The molecule has 3 aromatic rings. The summed E-state index contributed by atoms with van der Waals surface area (Å²) >= 11 is 3.43. The van der Waals surface area contributed by atoms with Crippen molar-refractivity contribution in [3.8, 4) is 5.75 Å². The van der Waals surface area contributed by atoms with Gasteiger partial charge in [-0.25, -0.2) is 9.59 Å². The summed E-state index contributed by atoms with van der Waals surface area (Å²) in [7, 11) is 1.23. The molecule has 1 aliphatic heterocycles. The molecule has 0 radical (unpaired) electrons. The first-order valence-electron chi connectivity index (χ1n) is 10.8. The van der Waals surface area contributed by atoms with Gasteiger partial charge < -0.3 is 25.2 Å². The summed E-state index contributed by atoms with van der Waals surface area (Å²) in [6, 6.07) is 18.3. The van der Waals surface area contributed by atoms with Crippen LogP contribution in [0.3, 0.4) is 0 Å². The number of hydrogen-bond acceptors (Lipinski definition) is 6. The van der Waals surface area contributed by atoms with Gasteiger partial charge in [-0.05, 0) is 44.8 Å². The molecule has 2 atom stereocenters. The van der Waals surface area contributed by atoms with Crippen molar-refractivity contribution in [2.45, 2.75) is 25.0 Å². The van der Waals surface area contributed by atoms with Gasteiger partial charge in [0.1, 0.15) is 18.4 Å². The number of phenolic OH excluding ortho intramolecular Hbond substituents is 1. The third-order valence-corrected chi connectivity index (χ3v) is 6.36. The van der Waals surface area contributed by atoms with Crippen LogP contribution in [-0.2, 0) is 32.1 Å². The molecule has 8 nitrogen and oxygen atoms in total. The van der Waals surface area contributed by atoms with Gasteiger partial charge in [0, 0.05) is 16.5 Å². The number of halogens is 1. The largest absolute Gasteiger partial charge is 0.508 e. The second kappa shape index (κ2) is 10.6. The Bertz CT molecular complexity index is 1260. The van der Waals surface area contributed by atoms with Crippen molar-refractivity contribution in [3.05, 3.63) is 93.5 Å². The molecular formula is C26H23BrN2O6. The zero-order valence-corrected chi connectivity index (χ0v) is 20.4. The molecule has 4 rings (SSSR count). The van der Waals surface area contributed by atoms with Crippen LogP contribution in [0.2, 0.25) is 0 Å². The van der Waals surface area contributed by atoms with Gasteiger partial charge in [-0.1, -0.05) is 54.6 Å². The molecule has 0 saturated heterocycles. The van der Waals surface area contributed by atoms with Crippen molar-refractivity contribution in [1.82, 2.24) is 5.32 Å². The number of aromatic hydroxyl groups is 1. The minimum atomic E-state index is -1.03. The van der Waals surface area contributed by atoms with Crippen LogP contribution in [0.5, 0.6) is 5.75 Å². The van der Waals surface area contributed by atoms with E-state index in [-0.39, 0.29) is 24.7 Å². The van der Waals surface area contributed by atoms with Crippen molar-refractivity contribution in [2.75, 3.05) is 12.4 Å². The van der Waals surface area contributed by atoms with Crippen molar-refractivity contribution in [3.63, 3.8) is 0 Å². The second-order valence-corrected chi connectivity index (χ2v) is 8.86. The number of para-hydroxylation sites is 1. The van der Waals surface area contributed by atoms with Crippen LogP contribution in [0, 0.1) is 0 Å². The van der Waals surface area contributed by atoms with Crippen LogP contribution in [0.1, 0.15) is 28.2 Å². The lowest BCUT2D eigenvalue weighted by atomic mass is 9.89. The normalized spacial score (nSPS) is 15.0. The van der Waals surface area contributed by atoms with Crippen LogP contribution in [-0.4, -0.2) is 36.2 Å². The van der Waals surface area contributed by atoms with Crippen molar-refractivity contribution < 1.29 is 29.0 Å². The number of carbonyl (C=O) groups is 3. The maximum atomic E-state index is 12.8. The Hall–Kier alpha value is -3.85. The monoisotopic (exact) mass is 538 g/mol. The molecule has 0 spiro atoms. The minimum absolute atomic E-state index is 0.0495. The Labute approximate surface area is 210 Å². The molecule has 0 saturated carbocycles. The lowest BCUT2D eigenvalue weighted by molar-refractivity contribution is -0.143. The van der Waals surface area contributed by atoms with E-state index in [2.05, 4.69) is 26.6 Å². The number of methoxy groups -OCH3 is 1. The van der Waals surface area contributed by atoms with Gasteiger partial charge in [0.15, 0.2) is 0 Å². The molecule has 0 aromatic heterocycles. The van der Waals surface area contributed by atoms with Gasteiger partial charge in [0.25, 0.3) is 0 Å². The van der Waals surface area contributed by atoms with Crippen molar-refractivity contribution in [2.24, 2.45) is 0 Å². The van der Waals surface area contributed by atoms with E-state index in [1.165, 1.54) is 13.2 Å². The molecule has 35 heavy (non-hydrogen) atoms. The summed E-state index contributed by atoms with van der Waals surface area (Å²) in [5.41, 5.74) is 3.20. The van der Waals surface area contributed by atoms with Crippen LogP contribution in [0.15, 0.2) is 71.2 Å². The molecule has 1 aliphatic rings. The maximum absolute atomic E-state index is 12.8. The fourth-order valence-electron chi connectivity index (χ4n) is 4.00. The van der Waals surface area contributed by atoms with Gasteiger partial charge in [-0.2, -0.15) is 0 Å². The lowest BCUT2D eigenvalue weighted by Crippen LogP contribution is -2.43. The zero-order chi connectivity index (χ0) is 24.9. The number of carbonyl (C=O) groups excluding carboxylic acids is 3. The molecule has 3 aromatic carbocycles. The quantitative estimate of drug-likeness (QED) is 0.387. The first kappa shape index (κ1) is 24.3. The van der Waals surface area contributed by atoms with Gasteiger partial charge in [0.05, 0.1) is 18.7 Å². The molecule has 0 bridgehead atoms.